The van der Waals surface area contributed by atoms with Crippen LogP contribution in [0.4, 0.5) is 5.95 Å². The number of nitrogens with one attached hydrogen (secondary N) is 1. The maximum atomic E-state index is 5.53. The molecule has 0 radical (unpaired) electrons. The van der Waals surface area contributed by atoms with E-state index in [1.165, 1.54) is 0 Å². The SMILES string of the molecule is CC(C)Oc1nc(NN)nc(OCCOC(C)(C)C)n1. The molecule has 0 aliphatic carbocycles. The van der Waals surface area contributed by atoms with Crippen molar-refractivity contribution in [1.29, 1.82) is 0 Å². The van der Waals surface area contributed by atoms with Gasteiger partial charge in [0.05, 0.1) is 18.3 Å². The fraction of sp³-hybridized carbons (Fsp3) is 0.750. The second-order valence-corrected chi connectivity index (χ2v) is 5.34. The Morgan fingerprint density at radius 2 is 1.75 bits per heavy atom. The molecule has 0 spiro atoms. The summed E-state index contributed by atoms with van der Waals surface area (Å²) in [5, 5.41) is 0. The minimum atomic E-state index is -0.210. The summed E-state index contributed by atoms with van der Waals surface area (Å²) in [6.07, 6.45) is -0.0555. The number of nitrogens with zero attached hydrogens (tertiary/aromatic N) is 3. The smallest absolute Gasteiger partial charge is 0.324 e. The Kier molecular flexibility index (Phi) is 5.90. The lowest BCUT2D eigenvalue weighted by atomic mass is 10.2. The van der Waals surface area contributed by atoms with Crippen LogP contribution in [0.2, 0.25) is 0 Å². The van der Waals surface area contributed by atoms with Crippen molar-refractivity contribution in [3.63, 3.8) is 0 Å². The molecule has 1 rings (SSSR count). The molecule has 0 bridgehead atoms. The fourth-order valence-electron chi connectivity index (χ4n) is 1.21. The minimum Gasteiger partial charge on any atom is -0.461 e. The summed E-state index contributed by atoms with van der Waals surface area (Å²) in [6, 6.07) is 0.302. The molecule has 8 heteroatoms. The number of hydrazine groups is 1. The number of nitrogens with two attached hydrogens (primary N) is 1. The van der Waals surface area contributed by atoms with Gasteiger partial charge in [-0.05, 0) is 34.6 Å². The van der Waals surface area contributed by atoms with Gasteiger partial charge in [0, 0.05) is 0 Å². The molecule has 8 nitrogen and oxygen atoms in total. The first-order chi connectivity index (χ1) is 9.30. The first-order valence-corrected chi connectivity index (χ1v) is 6.46. The van der Waals surface area contributed by atoms with E-state index in [1.807, 2.05) is 34.6 Å². The molecule has 0 aliphatic rings. The molecular formula is C12H23N5O3. The van der Waals surface area contributed by atoms with Crippen LogP contribution in [0.25, 0.3) is 0 Å². The van der Waals surface area contributed by atoms with Crippen molar-refractivity contribution in [1.82, 2.24) is 15.0 Å². The number of hydrogen-bond donors (Lipinski definition) is 2. The van der Waals surface area contributed by atoms with Crippen molar-refractivity contribution in [2.24, 2.45) is 5.84 Å². The summed E-state index contributed by atoms with van der Waals surface area (Å²) in [5.74, 6) is 5.47. The average molecular weight is 285 g/mol. The third-order valence-corrected chi connectivity index (χ3v) is 1.91. The van der Waals surface area contributed by atoms with Crippen LogP contribution >= 0.6 is 0 Å². The number of aromatic nitrogens is 3. The topological polar surface area (TPSA) is 104 Å². The van der Waals surface area contributed by atoms with Crippen molar-refractivity contribution in [2.75, 3.05) is 18.6 Å². The Hall–Kier alpha value is -1.67. The lowest BCUT2D eigenvalue weighted by molar-refractivity contribution is -0.0175. The number of rotatable bonds is 7. The molecule has 114 valence electrons. The van der Waals surface area contributed by atoms with E-state index in [2.05, 4.69) is 20.4 Å². The number of hydrogen-bond acceptors (Lipinski definition) is 8. The van der Waals surface area contributed by atoms with E-state index < -0.39 is 0 Å². The summed E-state index contributed by atoms with van der Waals surface area (Å²) < 4.78 is 16.3. The van der Waals surface area contributed by atoms with Crippen LogP contribution in [0.3, 0.4) is 0 Å². The van der Waals surface area contributed by atoms with Gasteiger partial charge in [0.1, 0.15) is 6.61 Å². The van der Waals surface area contributed by atoms with E-state index in [1.54, 1.807) is 0 Å². The van der Waals surface area contributed by atoms with Gasteiger partial charge in [0.2, 0.25) is 5.95 Å². The van der Waals surface area contributed by atoms with E-state index in [4.69, 9.17) is 20.1 Å². The highest BCUT2D eigenvalue weighted by atomic mass is 16.5. The van der Waals surface area contributed by atoms with Crippen LogP contribution in [-0.2, 0) is 4.74 Å². The molecule has 1 aromatic heterocycles. The number of ether oxygens (including phenoxy) is 3. The Labute approximate surface area is 119 Å². The largest absolute Gasteiger partial charge is 0.461 e. The Morgan fingerprint density at radius 3 is 2.30 bits per heavy atom. The van der Waals surface area contributed by atoms with Crippen molar-refractivity contribution < 1.29 is 14.2 Å². The second-order valence-electron chi connectivity index (χ2n) is 5.34. The molecule has 0 aliphatic heterocycles. The van der Waals surface area contributed by atoms with Crippen molar-refractivity contribution in [3.05, 3.63) is 0 Å². The Morgan fingerprint density at radius 1 is 1.10 bits per heavy atom. The molecule has 1 aromatic rings. The second kappa shape index (κ2) is 7.20. The van der Waals surface area contributed by atoms with E-state index in [-0.39, 0.29) is 29.7 Å². The van der Waals surface area contributed by atoms with E-state index in [9.17, 15) is 0 Å². The highest BCUT2D eigenvalue weighted by Crippen LogP contribution is 2.13. The van der Waals surface area contributed by atoms with Crippen LogP contribution in [-0.4, -0.2) is 39.9 Å². The van der Waals surface area contributed by atoms with Gasteiger partial charge in [-0.2, -0.15) is 9.97 Å². The maximum absolute atomic E-state index is 5.53. The van der Waals surface area contributed by atoms with Crippen molar-refractivity contribution in [2.45, 2.75) is 46.3 Å². The first kappa shape index (κ1) is 16.4. The van der Waals surface area contributed by atoms with Crippen molar-refractivity contribution in [3.8, 4) is 12.0 Å². The van der Waals surface area contributed by atoms with Gasteiger partial charge in [-0.25, -0.2) is 5.84 Å². The summed E-state index contributed by atoms with van der Waals surface area (Å²) in [6.45, 7) is 10.4. The number of anilines is 1. The zero-order valence-electron chi connectivity index (χ0n) is 12.6. The summed E-state index contributed by atoms with van der Waals surface area (Å²) >= 11 is 0. The molecule has 1 heterocycles. The monoisotopic (exact) mass is 285 g/mol. The average Bonchev–Trinajstić information content (AvgIpc) is 2.32. The summed E-state index contributed by atoms with van der Waals surface area (Å²) in [4.78, 5) is 12.0. The van der Waals surface area contributed by atoms with Gasteiger partial charge >= 0.3 is 12.0 Å². The maximum Gasteiger partial charge on any atom is 0.324 e. The Bertz CT molecular complexity index is 420. The number of nitrogen functional groups attached to an aromatic ring is 1. The lowest BCUT2D eigenvalue weighted by Crippen LogP contribution is -2.23. The molecule has 3 N–H and O–H groups in total. The summed E-state index contributed by atoms with van der Waals surface area (Å²) in [7, 11) is 0. The lowest BCUT2D eigenvalue weighted by Gasteiger charge is -2.19. The minimum absolute atomic E-state index is 0.0555. The quantitative estimate of drug-likeness (QED) is 0.436. The molecule has 0 aromatic carbocycles. The molecule has 0 amide bonds. The predicted octanol–water partition coefficient (Wildman–Crippen LogP) is 1.14. The Balaban J connectivity index is 2.60. The van der Waals surface area contributed by atoms with E-state index >= 15 is 0 Å². The third kappa shape index (κ3) is 6.48. The van der Waals surface area contributed by atoms with Gasteiger partial charge in [-0.3, -0.25) is 5.43 Å². The zero-order chi connectivity index (χ0) is 15.2. The predicted molar refractivity (Wildman–Crippen MR) is 74.6 cm³/mol. The van der Waals surface area contributed by atoms with Crippen LogP contribution < -0.4 is 20.7 Å². The standard InChI is InChI=1S/C12H23N5O3/c1-8(2)20-11-15-9(17-13)14-10(16-11)18-6-7-19-12(3,4)5/h8H,6-7,13H2,1-5H3,(H,14,15,16,17). The third-order valence-electron chi connectivity index (χ3n) is 1.91. The molecule has 0 unspecified atom stereocenters. The highest BCUT2D eigenvalue weighted by molar-refractivity contribution is 5.25. The molecule has 20 heavy (non-hydrogen) atoms. The zero-order valence-corrected chi connectivity index (χ0v) is 12.6. The molecular weight excluding hydrogens is 262 g/mol. The molecule has 0 fully saturated rings. The van der Waals surface area contributed by atoms with Gasteiger partial charge in [0.15, 0.2) is 0 Å². The summed E-state index contributed by atoms with van der Waals surface area (Å²) in [5.41, 5.74) is 2.13. The van der Waals surface area contributed by atoms with Gasteiger partial charge in [-0.15, -0.1) is 4.98 Å². The van der Waals surface area contributed by atoms with E-state index in [0.717, 1.165) is 0 Å². The first-order valence-electron chi connectivity index (χ1n) is 6.46. The molecule has 0 atom stereocenters. The van der Waals surface area contributed by atoms with Crippen LogP contribution in [0.15, 0.2) is 0 Å². The van der Waals surface area contributed by atoms with Crippen LogP contribution in [0, 0.1) is 0 Å². The molecule has 0 saturated heterocycles. The highest BCUT2D eigenvalue weighted by Gasteiger charge is 2.11. The van der Waals surface area contributed by atoms with Crippen molar-refractivity contribution >= 4 is 5.95 Å². The van der Waals surface area contributed by atoms with Gasteiger partial charge < -0.3 is 14.2 Å². The van der Waals surface area contributed by atoms with Gasteiger partial charge in [-0.1, -0.05) is 0 Å². The normalized spacial score (nSPS) is 11.6. The molecule has 0 saturated carbocycles. The van der Waals surface area contributed by atoms with Gasteiger partial charge in [0.25, 0.3) is 0 Å². The fourth-order valence-corrected chi connectivity index (χ4v) is 1.21. The van der Waals surface area contributed by atoms with Crippen LogP contribution in [0.5, 0.6) is 12.0 Å². The van der Waals surface area contributed by atoms with E-state index in [0.29, 0.717) is 13.2 Å². The van der Waals surface area contributed by atoms with Crippen LogP contribution in [0.1, 0.15) is 34.6 Å².